The van der Waals surface area contributed by atoms with E-state index < -0.39 is 32.6 Å². The van der Waals surface area contributed by atoms with Crippen molar-refractivity contribution in [2.75, 3.05) is 6.67 Å². The van der Waals surface area contributed by atoms with Gasteiger partial charge in [0.15, 0.2) is 9.84 Å². The van der Waals surface area contributed by atoms with Gasteiger partial charge in [-0.15, -0.1) is 0 Å². The molecule has 0 bridgehead atoms. The molecule has 2 rings (SSSR count). The Hall–Kier alpha value is -2.02. The number of alkyl halides is 1. The Balaban J connectivity index is 2.26. The van der Waals surface area contributed by atoms with Crippen molar-refractivity contribution < 1.29 is 17.7 Å². The first-order chi connectivity index (χ1) is 12.2. The van der Waals surface area contributed by atoms with Crippen molar-refractivity contribution in [3.8, 4) is 0 Å². The summed E-state index contributed by atoms with van der Waals surface area (Å²) in [6.07, 6.45) is 6.75. The van der Waals surface area contributed by atoms with Crippen molar-refractivity contribution in [2.24, 2.45) is 17.8 Å². The van der Waals surface area contributed by atoms with Gasteiger partial charge >= 0.3 is 0 Å². The number of hydrogen-bond donors (Lipinski definition) is 0. The molecule has 0 amide bonds. The zero-order chi connectivity index (χ0) is 19.5. The molecular formula is C19H24FNO4S. The molecule has 0 heterocycles. The van der Waals surface area contributed by atoms with Crippen molar-refractivity contribution in [1.29, 1.82) is 0 Å². The lowest BCUT2D eigenvalue weighted by atomic mass is 9.84. The maximum atomic E-state index is 13.7. The predicted octanol–water partition coefficient (Wildman–Crippen LogP) is 4.50. The Morgan fingerprint density at radius 1 is 1.23 bits per heavy atom. The Morgan fingerprint density at radius 2 is 1.85 bits per heavy atom. The molecule has 0 fully saturated rings. The molecule has 1 aliphatic rings. The first-order valence-corrected chi connectivity index (χ1v) is 10.2. The van der Waals surface area contributed by atoms with Crippen LogP contribution in [0.25, 0.3) is 0 Å². The first-order valence-electron chi connectivity index (χ1n) is 8.61. The molecule has 0 spiro atoms. The molecule has 0 saturated carbocycles. The number of allylic oxidation sites excluding steroid dienone is 4. The number of nitrogens with zero attached hydrogens (tertiary/aromatic N) is 1. The van der Waals surface area contributed by atoms with E-state index in [1.807, 2.05) is 12.2 Å². The number of nitro groups is 1. The van der Waals surface area contributed by atoms with Crippen LogP contribution in [0, 0.1) is 27.9 Å². The molecular weight excluding hydrogens is 357 g/mol. The summed E-state index contributed by atoms with van der Waals surface area (Å²) in [7, 11) is -3.94. The smallest absolute Gasteiger partial charge is 0.258 e. The summed E-state index contributed by atoms with van der Waals surface area (Å²) in [5.41, 5.74) is 0.612. The monoisotopic (exact) mass is 381 g/mol. The van der Waals surface area contributed by atoms with Crippen LogP contribution in [0.3, 0.4) is 0 Å². The van der Waals surface area contributed by atoms with Gasteiger partial charge in [-0.2, -0.15) is 0 Å². The van der Waals surface area contributed by atoms with Crippen molar-refractivity contribution >= 4 is 15.5 Å². The highest BCUT2D eigenvalue weighted by Crippen LogP contribution is 2.32. The minimum atomic E-state index is -3.94. The SMILES string of the molecule is CC(C)C1C=CC(C(C)C(CF)S(=O)(=O)c2ccc([N+](=O)[O-])cc2)=CC1. The Kier molecular flexibility index (Phi) is 6.34. The third-order valence-electron chi connectivity index (χ3n) is 5.03. The second-order valence-corrected chi connectivity index (χ2v) is 9.15. The van der Waals surface area contributed by atoms with Gasteiger partial charge in [0, 0.05) is 18.1 Å². The van der Waals surface area contributed by atoms with Crippen LogP contribution in [-0.2, 0) is 9.84 Å². The number of non-ortho nitro benzene ring substituents is 1. The summed E-state index contributed by atoms with van der Waals surface area (Å²) >= 11 is 0. The minimum absolute atomic E-state index is 0.0990. The fraction of sp³-hybridized carbons (Fsp3) is 0.474. The largest absolute Gasteiger partial charge is 0.269 e. The van der Waals surface area contributed by atoms with Crippen molar-refractivity contribution in [3.05, 3.63) is 58.2 Å². The first kappa shape index (κ1) is 20.3. The van der Waals surface area contributed by atoms with Crippen LogP contribution in [0.4, 0.5) is 10.1 Å². The van der Waals surface area contributed by atoms with Crippen LogP contribution in [0.5, 0.6) is 0 Å². The maximum Gasteiger partial charge on any atom is 0.269 e. The van der Waals surface area contributed by atoms with E-state index in [2.05, 4.69) is 19.9 Å². The lowest BCUT2D eigenvalue weighted by molar-refractivity contribution is -0.384. The molecule has 0 aromatic heterocycles. The second-order valence-electron chi connectivity index (χ2n) is 6.98. The Bertz CT molecular complexity index is 812. The molecule has 0 N–H and O–H groups in total. The van der Waals surface area contributed by atoms with Crippen LogP contribution in [-0.4, -0.2) is 25.3 Å². The lowest BCUT2D eigenvalue weighted by Crippen LogP contribution is -2.32. The van der Waals surface area contributed by atoms with E-state index in [0.29, 0.717) is 11.8 Å². The quantitative estimate of drug-likeness (QED) is 0.515. The number of hydrogen-bond acceptors (Lipinski definition) is 4. The summed E-state index contributed by atoms with van der Waals surface area (Å²) < 4.78 is 39.4. The van der Waals surface area contributed by atoms with E-state index in [0.717, 1.165) is 24.1 Å². The molecule has 142 valence electrons. The standard InChI is InChI=1S/C19H24FNO4S/c1-13(2)15-4-6-16(7-5-15)14(3)19(12-20)26(24,25)18-10-8-17(9-11-18)21(22)23/h4,6-11,13-15,19H,5,12H2,1-3H3. The zero-order valence-corrected chi connectivity index (χ0v) is 15.9. The van der Waals surface area contributed by atoms with Gasteiger partial charge in [0.25, 0.3) is 5.69 Å². The molecule has 1 aliphatic carbocycles. The van der Waals surface area contributed by atoms with Crippen LogP contribution >= 0.6 is 0 Å². The van der Waals surface area contributed by atoms with Crippen LogP contribution in [0.15, 0.2) is 53.0 Å². The van der Waals surface area contributed by atoms with E-state index in [9.17, 15) is 22.9 Å². The van der Waals surface area contributed by atoms with Crippen LogP contribution in [0.1, 0.15) is 27.2 Å². The Morgan fingerprint density at radius 3 is 2.27 bits per heavy atom. The molecule has 1 aromatic carbocycles. The van der Waals surface area contributed by atoms with Gasteiger partial charge in [0.1, 0.15) is 11.9 Å². The lowest BCUT2D eigenvalue weighted by Gasteiger charge is -2.26. The van der Waals surface area contributed by atoms with E-state index in [4.69, 9.17) is 0 Å². The molecule has 3 unspecified atom stereocenters. The van der Waals surface area contributed by atoms with Gasteiger partial charge in [0.05, 0.1) is 9.82 Å². The second kappa shape index (κ2) is 8.12. The van der Waals surface area contributed by atoms with E-state index in [-0.39, 0.29) is 10.6 Å². The van der Waals surface area contributed by atoms with Gasteiger partial charge in [-0.05, 0) is 36.0 Å². The highest BCUT2D eigenvalue weighted by molar-refractivity contribution is 7.92. The maximum absolute atomic E-state index is 13.7. The number of nitro benzene ring substituents is 1. The van der Waals surface area contributed by atoms with Crippen molar-refractivity contribution in [2.45, 2.75) is 37.3 Å². The molecule has 3 atom stereocenters. The summed E-state index contributed by atoms with van der Waals surface area (Å²) in [5, 5.41) is 9.50. The predicted molar refractivity (Wildman–Crippen MR) is 99.4 cm³/mol. The summed E-state index contributed by atoms with van der Waals surface area (Å²) in [5.74, 6) is 0.380. The molecule has 1 aromatic rings. The highest BCUT2D eigenvalue weighted by atomic mass is 32.2. The summed E-state index contributed by atoms with van der Waals surface area (Å²) in [6, 6.07) is 4.59. The third kappa shape index (κ3) is 4.20. The van der Waals surface area contributed by atoms with E-state index in [1.165, 1.54) is 12.1 Å². The number of sulfone groups is 1. The number of rotatable bonds is 7. The van der Waals surface area contributed by atoms with Gasteiger partial charge in [-0.1, -0.05) is 39.0 Å². The normalized spacial score (nSPS) is 19.9. The average molecular weight is 381 g/mol. The molecule has 5 nitrogen and oxygen atoms in total. The Labute approximate surface area is 153 Å². The van der Waals surface area contributed by atoms with Gasteiger partial charge in [0.2, 0.25) is 0 Å². The van der Waals surface area contributed by atoms with Crippen LogP contribution in [0.2, 0.25) is 0 Å². The van der Waals surface area contributed by atoms with Crippen molar-refractivity contribution in [1.82, 2.24) is 0 Å². The van der Waals surface area contributed by atoms with Gasteiger partial charge < -0.3 is 0 Å². The van der Waals surface area contributed by atoms with E-state index in [1.54, 1.807) is 6.92 Å². The van der Waals surface area contributed by atoms with Gasteiger partial charge in [-0.25, -0.2) is 12.8 Å². The molecule has 0 aliphatic heterocycles. The van der Waals surface area contributed by atoms with Gasteiger partial charge in [-0.3, -0.25) is 10.1 Å². The summed E-state index contributed by atoms with van der Waals surface area (Å²) in [4.78, 5) is 10.0. The molecule has 0 radical (unpaired) electrons. The van der Waals surface area contributed by atoms with Crippen LogP contribution < -0.4 is 0 Å². The fourth-order valence-electron chi connectivity index (χ4n) is 3.12. The molecule has 0 saturated heterocycles. The fourth-order valence-corrected chi connectivity index (χ4v) is 4.84. The summed E-state index contributed by atoms with van der Waals surface area (Å²) in [6.45, 7) is 4.94. The minimum Gasteiger partial charge on any atom is -0.258 e. The molecule has 7 heteroatoms. The number of halogens is 1. The zero-order valence-electron chi connectivity index (χ0n) is 15.1. The number of benzene rings is 1. The highest BCUT2D eigenvalue weighted by Gasteiger charge is 2.34. The average Bonchev–Trinajstić information content (AvgIpc) is 2.62. The van der Waals surface area contributed by atoms with E-state index >= 15 is 0 Å². The topological polar surface area (TPSA) is 77.3 Å². The third-order valence-corrected chi connectivity index (χ3v) is 7.29. The molecule has 26 heavy (non-hydrogen) atoms. The van der Waals surface area contributed by atoms with Crippen molar-refractivity contribution in [3.63, 3.8) is 0 Å².